The molecule has 28 heavy (non-hydrogen) atoms. The van der Waals surface area contributed by atoms with Gasteiger partial charge in [0.05, 0.1) is 11.5 Å². The van der Waals surface area contributed by atoms with Crippen LogP contribution in [0.4, 0.5) is 17.6 Å². The molecule has 2 aromatic carbocycles. The maximum absolute atomic E-state index is 13.1. The summed E-state index contributed by atoms with van der Waals surface area (Å²) in [7, 11) is 0. The minimum absolute atomic E-state index is 0.00142. The number of carboxylic acid groups (broad SMARTS) is 1. The number of alkyl halides is 3. The highest BCUT2D eigenvalue weighted by Crippen LogP contribution is 2.35. The second-order valence-electron chi connectivity index (χ2n) is 6.44. The van der Waals surface area contributed by atoms with Gasteiger partial charge in [0.2, 0.25) is 5.91 Å². The lowest BCUT2D eigenvalue weighted by atomic mass is 9.92. The zero-order chi connectivity index (χ0) is 20.9. The number of carboxylic acids is 1. The molecular formula is C20H19F4NO3. The average molecular weight is 397 g/mol. The van der Waals surface area contributed by atoms with Crippen molar-refractivity contribution < 1.29 is 32.3 Å². The van der Waals surface area contributed by atoms with Crippen molar-refractivity contribution in [3.63, 3.8) is 0 Å². The van der Waals surface area contributed by atoms with E-state index < -0.39 is 41.3 Å². The Morgan fingerprint density at radius 2 is 1.68 bits per heavy atom. The monoisotopic (exact) mass is 397 g/mol. The van der Waals surface area contributed by atoms with Crippen LogP contribution in [0.25, 0.3) is 0 Å². The smallest absolute Gasteiger partial charge is 0.416 e. The highest BCUT2D eigenvalue weighted by molar-refractivity contribution is 5.80. The van der Waals surface area contributed by atoms with Crippen molar-refractivity contribution in [3.8, 4) is 0 Å². The average Bonchev–Trinajstić information content (AvgIpc) is 2.62. The lowest BCUT2D eigenvalue weighted by molar-refractivity contribution is -0.139. The fraction of sp³-hybridized carbons (Fsp3) is 0.300. The third kappa shape index (κ3) is 5.55. The van der Waals surface area contributed by atoms with Gasteiger partial charge in [-0.15, -0.1) is 0 Å². The predicted octanol–water partition coefficient (Wildman–Crippen LogP) is 4.32. The van der Waals surface area contributed by atoms with Gasteiger partial charge >= 0.3 is 12.1 Å². The third-order valence-electron chi connectivity index (χ3n) is 4.36. The quantitative estimate of drug-likeness (QED) is 0.684. The Balaban J connectivity index is 2.03. The van der Waals surface area contributed by atoms with Crippen LogP contribution in [0.2, 0.25) is 0 Å². The molecule has 0 aromatic heterocycles. The summed E-state index contributed by atoms with van der Waals surface area (Å²) in [6.07, 6.45) is -4.76. The maximum Gasteiger partial charge on any atom is 0.416 e. The number of hydrogen-bond acceptors (Lipinski definition) is 2. The number of nitrogens with one attached hydrogen (secondary N) is 1. The van der Waals surface area contributed by atoms with E-state index in [1.807, 2.05) is 0 Å². The molecule has 0 bridgehead atoms. The van der Waals surface area contributed by atoms with E-state index in [1.165, 1.54) is 37.3 Å². The highest BCUT2D eigenvalue weighted by atomic mass is 19.4. The summed E-state index contributed by atoms with van der Waals surface area (Å²) < 4.78 is 52.3. The summed E-state index contributed by atoms with van der Waals surface area (Å²) in [5.41, 5.74) is -0.492. The first kappa shape index (κ1) is 21.4. The van der Waals surface area contributed by atoms with Gasteiger partial charge in [0.1, 0.15) is 5.82 Å². The summed E-state index contributed by atoms with van der Waals surface area (Å²) in [6, 6.07) is 9.86. The van der Waals surface area contributed by atoms with E-state index in [9.17, 15) is 32.3 Å². The van der Waals surface area contributed by atoms with Crippen LogP contribution >= 0.6 is 0 Å². The van der Waals surface area contributed by atoms with Gasteiger partial charge < -0.3 is 10.4 Å². The van der Waals surface area contributed by atoms with Gasteiger partial charge in [0, 0.05) is 13.0 Å². The van der Waals surface area contributed by atoms with E-state index in [2.05, 4.69) is 5.32 Å². The molecule has 0 saturated carbocycles. The standard InChI is InChI=1S/C20H19F4NO3/c1-12(15-4-2-3-5-17(15)20(22,23)24)10-18(26)25-11-16(19(27)28)13-6-8-14(21)9-7-13/h2-9,12,16H,10-11H2,1H3,(H,25,26)(H,27,28). The van der Waals surface area contributed by atoms with Crippen molar-refractivity contribution in [2.75, 3.05) is 6.54 Å². The minimum atomic E-state index is -4.53. The fourth-order valence-electron chi connectivity index (χ4n) is 2.90. The van der Waals surface area contributed by atoms with Crippen LogP contribution in [-0.4, -0.2) is 23.5 Å². The van der Waals surface area contributed by atoms with Crippen molar-refractivity contribution in [1.82, 2.24) is 5.32 Å². The number of halogens is 4. The van der Waals surface area contributed by atoms with Gasteiger partial charge in [-0.1, -0.05) is 37.3 Å². The third-order valence-corrected chi connectivity index (χ3v) is 4.36. The van der Waals surface area contributed by atoms with Crippen LogP contribution in [0.15, 0.2) is 48.5 Å². The van der Waals surface area contributed by atoms with E-state index >= 15 is 0 Å². The molecular weight excluding hydrogens is 378 g/mol. The van der Waals surface area contributed by atoms with Gasteiger partial charge in [-0.2, -0.15) is 13.2 Å². The molecule has 0 fully saturated rings. The Kier molecular flexibility index (Phi) is 6.77. The van der Waals surface area contributed by atoms with E-state index in [4.69, 9.17) is 0 Å². The van der Waals surface area contributed by atoms with Crippen molar-refractivity contribution in [1.29, 1.82) is 0 Å². The topological polar surface area (TPSA) is 66.4 Å². The normalized spacial score (nSPS) is 13.6. The summed E-state index contributed by atoms with van der Waals surface area (Å²) in [5, 5.41) is 11.8. The molecule has 2 aromatic rings. The Hall–Kier alpha value is -2.90. The van der Waals surface area contributed by atoms with E-state index in [0.717, 1.165) is 18.2 Å². The van der Waals surface area contributed by atoms with Gasteiger partial charge in [-0.05, 0) is 35.2 Å². The van der Waals surface area contributed by atoms with Crippen molar-refractivity contribution >= 4 is 11.9 Å². The summed E-state index contributed by atoms with van der Waals surface area (Å²) in [5.74, 6) is -4.11. The summed E-state index contributed by atoms with van der Waals surface area (Å²) in [6.45, 7) is 1.24. The van der Waals surface area contributed by atoms with Gasteiger partial charge in [-0.25, -0.2) is 4.39 Å². The number of rotatable bonds is 7. The van der Waals surface area contributed by atoms with Gasteiger partial charge in [0.15, 0.2) is 0 Å². The molecule has 0 aliphatic heterocycles. The zero-order valence-electron chi connectivity index (χ0n) is 15.0. The molecule has 2 unspecified atom stereocenters. The van der Waals surface area contributed by atoms with Crippen LogP contribution in [0.3, 0.4) is 0 Å². The number of amides is 1. The molecule has 0 aliphatic carbocycles. The first-order valence-electron chi connectivity index (χ1n) is 8.50. The predicted molar refractivity (Wildman–Crippen MR) is 94.3 cm³/mol. The van der Waals surface area contributed by atoms with Crippen LogP contribution in [-0.2, 0) is 15.8 Å². The number of carbonyl (C=O) groups excluding carboxylic acids is 1. The van der Waals surface area contributed by atoms with Crippen molar-refractivity contribution in [2.45, 2.75) is 31.4 Å². The molecule has 2 rings (SSSR count). The van der Waals surface area contributed by atoms with Gasteiger partial charge in [-0.3, -0.25) is 9.59 Å². The van der Waals surface area contributed by atoms with Crippen LogP contribution in [0, 0.1) is 5.82 Å². The van der Waals surface area contributed by atoms with E-state index in [0.29, 0.717) is 5.56 Å². The Morgan fingerprint density at radius 1 is 1.07 bits per heavy atom. The lowest BCUT2D eigenvalue weighted by Crippen LogP contribution is -2.32. The first-order valence-corrected chi connectivity index (χ1v) is 8.50. The molecule has 2 N–H and O–H groups in total. The molecule has 0 spiro atoms. The van der Waals surface area contributed by atoms with E-state index in [-0.39, 0.29) is 18.5 Å². The second kappa shape index (κ2) is 8.86. The molecule has 150 valence electrons. The zero-order valence-corrected chi connectivity index (χ0v) is 15.0. The number of hydrogen-bond donors (Lipinski definition) is 2. The number of benzene rings is 2. The highest BCUT2D eigenvalue weighted by Gasteiger charge is 2.34. The minimum Gasteiger partial charge on any atom is -0.481 e. The van der Waals surface area contributed by atoms with Crippen LogP contribution < -0.4 is 5.32 Å². The molecule has 1 amide bonds. The van der Waals surface area contributed by atoms with Crippen molar-refractivity contribution in [3.05, 3.63) is 71.0 Å². The number of carbonyl (C=O) groups is 2. The molecule has 0 aliphatic rings. The molecule has 0 saturated heterocycles. The van der Waals surface area contributed by atoms with E-state index in [1.54, 1.807) is 0 Å². The Morgan fingerprint density at radius 3 is 2.25 bits per heavy atom. The first-order chi connectivity index (χ1) is 13.1. The Labute approximate surface area is 159 Å². The maximum atomic E-state index is 13.1. The molecule has 0 radical (unpaired) electrons. The van der Waals surface area contributed by atoms with Crippen LogP contribution in [0.5, 0.6) is 0 Å². The Bertz CT molecular complexity index is 834. The van der Waals surface area contributed by atoms with Gasteiger partial charge in [0.25, 0.3) is 0 Å². The molecule has 2 atom stereocenters. The number of aliphatic carboxylic acids is 1. The molecule has 4 nitrogen and oxygen atoms in total. The lowest BCUT2D eigenvalue weighted by Gasteiger charge is -2.19. The largest absolute Gasteiger partial charge is 0.481 e. The van der Waals surface area contributed by atoms with Crippen molar-refractivity contribution in [2.24, 2.45) is 0 Å². The summed E-state index contributed by atoms with van der Waals surface area (Å²) in [4.78, 5) is 23.6. The SMILES string of the molecule is CC(CC(=O)NCC(C(=O)O)c1ccc(F)cc1)c1ccccc1C(F)(F)F. The van der Waals surface area contributed by atoms with Crippen LogP contribution in [0.1, 0.15) is 41.9 Å². The summed E-state index contributed by atoms with van der Waals surface area (Å²) >= 11 is 0. The second-order valence-corrected chi connectivity index (χ2v) is 6.44. The fourth-order valence-corrected chi connectivity index (χ4v) is 2.90. The molecule has 8 heteroatoms. The molecule has 0 heterocycles.